The van der Waals surface area contributed by atoms with Gasteiger partial charge in [-0.15, -0.1) is 0 Å². The fraction of sp³-hybridized carbons (Fsp3) is 1.00. The summed E-state index contributed by atoms with van der Waals surface area (Å²) in [6, 6.07) is 1.67. The van der Waals surface area contributed by atoms with Gasteiger partial charge in [-0.05, 0) is 45.1 Å². The van der Waals surface area contributed by atoms with Crippen LogP contribution in [0.4, 0.5) is 0 Å². The standard InChI is InChI=1S/C12H24N2/c1-10-5-7-14(11(2)9-10)8-6-13-12-3-4-12/h10-13H,3-9H2,1-2H3. The average Bonchev–Trinajstić information content (AvgIpc) is 2.92. The lowest BCUT2D eigenvalue weighted by atomic mass is 9.93. The molecular weight excluding hydrogens is 172 g/mol. The van der Waals surface area contributed by atoms with E-state index in [1.165, 1.54) is 45.3 Å². The van der Waals surface area contributed by atoms with Crippen LogP contribution in [0.25, 0.3) is 0 Å². The maximum absolute atomic E-state index is 3.59. The minimum absolute atomic E-state index is 0.805. The van der Waals surface area contributed by atoms with Crippen molar-refractivity contribution in [2.45, 2.75) is 51.6 Å². The third kappa shape index (κ3) is 2.96. The van der Waals surface area contributed by atoms with Crippen LogP contribution in [0.1, 0.15) is 39.5 Å². The van der Waals surface area contributed by atoms with Crippen molar-refractivity contribution in [1.29, 1.82) is 0 Å². The van der Waals surface area contributed by atoms with Crippen LogP contribution in [0.15, 0.2) is 0 Å². The van der Waals surface area contributed by atoms with Crippen molar-refractivity contribution < 1.29 is 0 Å². The van der Waals surface area contributed by atoms with Crippen molar-refractivity contribution in [2.75, 3.05) is 19.6 Å². The molecule has 1 aliphatic heterocycles. The van der Waals surface area contributed by atoms with Crippen LogP contribution in [0, 0.1) is 5.92 Å². The SMILES string of the molecule is CC1CCN(CCNC2CC2)C(C)C1. The Labute approximate surface area is 88.1 Å². The molecule has 0 radical (unpaired) electrons. The molecule has 2 nitrogen and oxygen atoms in total. The number of nitrogens with one attached hydrogen (secondary N) is 1. The average molecular weight is 196 g/mol. The molecule has 1 heterocycles. The molecule has 2 unspecified atom stereocenters. The maximum atomic E-state index is 3.59. The van der Waals surface area contributed by atoms with E-state index >= 15 is 0 Å². The first kappa shape index (κ1) is 10.4. The molecule has 0 amide bonds. The highest BCUT2D eigenvalue weighted by molar-refractivity contribution is 4.82. The van der Waals surface area contributed by atoms with E-state index in [0.717, 1.165) is 18.0 Å². The van der Waals surface area contributed by atoms with Crippen molar-refractivity contribution in [3.63, 3.8) is 0 Å². The molecule has 2 aliphatic rings. The third-order valence-corrected chi connectivity index (χ3v) is 3.69. The minimum atomic E-state index is 0.805. The highest BCUT2D eigenvalue weighted by Gasteiger charge is 2.24. The van der Waals surface area contributed by atoms with E-state index in [9.17, 15) is 0 Å². The van der Waals surface area contributed by atoms with E-state index in [-0.39, 0.29) is 0 Å². The molecule has 82 valence electrons. The van der Waals surface area contributed by atoms with Gasteiger partial charge in [-0.2, -0.15) is 0 Å². The van der Waals surface area contributed by atoms with Crippen molar-refractivity contribution >= 4 is 0 Å². The summed E-state index contributed by atoms with van der Waals surface area (Å²) in [5, 5.41) is 3.59. The predicted molar refractivity (Wildman–Crippen MR) is 60.5 cm³/mol. The number of nitrogens with zero attached hydrogens (tertiary/aromatic N) is 1. The van der Waals surface area contributed by atoms with E-state index in [2.05, 4.69) is 24.1 Å². The number of hydrogen-bond donors (Lipinski definition) is 1. The molecule has 2 rings (SSSR count). The highest BCUT2D eigenvalue weighted by atomic mass is 15.2. The molecular formula is C12H24N2. The van der Waals surface area contributed by atoms with Gasteiger partial charge in [0.05, 0.1) is 0 Å². The molecule has 1 saturated carbocycles. The minimum Gasteiger partial charge on any atom is -0.313 e. The van der Waals surface area contributed by atoms with Crippen LogP contribution >= 0.6 is 0 Å². The van der Waals surface area contributed by atoms with Gasteiger partial charge in [-0.25, -0.2) is 0 Å². The molecule has 0 aromatic rings. The molecule has 2 atom stereocenters. The normalized spacial score (nSPS) is 34.7. The Kier molecular flexibility index (Phi) is 3.45. The zero-order valence-electron chi connectivity index (χ0n) is 9.63. The smallest absolute Gasteiger partial charge is 0.0110 e. The molecule has 0 aromatic carbocycles. The molecule has 1 aliphatic carbocycles. The fourth-order valence-electron chi connectivity index (χ4n) is 2.49. The summed E-state index contributed by atoms with van der Waals surface area (Å²) in [5.41, 5.74) is 0. The Bertz CT molecular complexity index is 177. The summed E-state index contributed by atoms with van der Waals surface area (Å²) in [7, 11) is 0. The van der Waals surface area contributed by atoms with E-state index in [1.54, 1.807) is 0 Å². The number of likely N-dealkylation sites (tertiary alicyclic amines) is 1. The van der Waals surface area contributed by atoms with Gasteiger partial charge in [0.1, 0.15) is 0 Å². The Morgan fingerprint density at radius 3 is 2.64 bits per heavy atom. The predicted octanol–water partition coefficient (Wildman–Crippen LogP) is 1.86. The Hall–Kier alpha value is -0.0800. The molecule has 2 heteroatoms. The molecule has 0 aromatic heterocycles. The summed E-state index contributed by atoms with van der Waals surface area (Å²) in [6.45, 7) is 8.53. The Balaban J connectivity index is 1.63. The van der Waals surface area contributed by atoms with Gasteiger partial charge in [0, 0.05) is 25.2 Å². The first-order chi connectivity index (χ1) is 6.75. The molecule has 2 fully saturated rings. The first-order valence-corrected chi connectivity index (χ1v) is 6.23. The van der Waals surface area contributed by atoms with Crippen molar-refractivity contribution in [3.05, 3.63) is 0 Å². The topological polar surface area (TPSA) is 15.3 Å². The fourth-order valence-corrected chi connectivity index (χ4v) is 2.49. The highest BCUT2D eigenvalue weighted by Crippen LogP contribution is 2.22. The summed E-state index contributed by atoms with van der Waals surface area (Å²) in [6.07, 6.45) is 5.61. The first-order valence-electron chi connectivity index (χ1n) is 6.23. The summed E-state index contributed by atoms with van der Waals surface area (Å²) < 4.78 is 0. The van der Waals surface area contributed by atoms with Gasteiger partial charge in [-0.1, -0.05) is 6.92 Å². The van der Waals surface area contributed by atoms with Gasteiger partial charge < -0.3 is 5.32 Å². The lowest BCUT2D eigenvalue weighted by Crippen LogP contribution is -2.43. The summed E-state index contributed by atoms with van der Waals surface area (Å²) >= 11 is 0. The van der Waals surface area contributed by atoms with Gasteiger partial charge in [0.15, 0.2) is 0 Å². The van der Waals surface area contributed by atoms with Gasteiger partial charge >= 0.3 is 0 Å². The van der Waals surface area contributed by atoms with Gasteiger partial charge in [0.2, 0.25) is 0 Å². The van der Waals surface area contributed by atoms with E-state index in [1.807, 2.05) is 0 Å². The second-order valence-corrected chi connectivity index (χ2v) is 5.24. The zero-order chi connectivity index (χ0) is 9.97. The second kappa shape index (κ2) is 4.63. The van der Waals surface area contributed by atoms with Gasteiger partial charge in [-0.3, -0.25) is 4.90 Å². The van der Waals surface area contributed by atoms with Crippen LogP contribution in [-0.2, 0) is 0 Å². The molecule has 1 saturated heterocycles. The third-order valence-electron chi connectivity index (χ3n) is 3.69. The van der Waals surface area contributed by atoms with Crippen LogP contribution in [0.2, 0.25) is 0 Å². The van der Waals surface area contributed by atoms with Crippen molar-refractivity contribution in [2.24, 2.45) is 5.92 Å². The zero-order valence-corrected chi connectivity index (χ0v) is 9.63. The van der Waals surface area contributed by atoms with Crippen LogP contribution < -0.4 is 5.32 Å². The monoisotopic (exact) mass is 196 g/mol. The second-order valence-electron chi connectivity index (χ2n) is 5.24. The lowest BCUT2D eigenvalue weighted by Gasteiger charge is -2.36. The molecule has 0 bridgehead atoms. The van der Waals surface area contributed by atoms with Crippen LogP contribution in [0.5, 0.6) is 0 Å². The van der Waals surface area contributed by atoms with E-state index in [4.69, 9.17) is 0 Å². The van der Waals surface area contributed by atoms with Crippen molar-refractivity contribution in [1.82, 2.24) is 10.2 Å². The Morgan fingerprint density at radius 2 is 2.00 bits per heavy atom. The summed E-state index contributed by atoms with van der Waals surface area (Å²) in [4.78, 5) is 2.65. The van der Waals surface area contributed by atoms with Gasteiger partial charge in [0.25, 0.3) is 0 Å². The van der Waals surface area contributed by atoms with Crippen LogP contribution in [0.3, 0.4) is 0 Å². The summed E-state index contributed by atoms with van der Waals surface area (Å²) in [5.74, 6) is 0.942. The molecule has 1 N–H and O–H groups in total. The quantitative estimate of drug-likeness (QED) is 0.738. The largest absolute Gasteiger partial charge is 0.313 e. The maximum Gasteiger partial charge on any atom is 0.0110 e. The number of rotatable bonds is 4. The molecule has 14 heavy (non-hydrogen) atoms. The van der Waals surface area contributed by atoms with E-state index in [0.29, 0.717) is 0 Å². The van der Waals surface area contributed by atoms with E-state index < -0.39 is 0 Å². The Morgan fingerprint density at radius 1 is 1.21 bits per heavy atom. The number of piperidine rings is 1. The molecule has 0 spiro atoms. The van der Waals surface area contributed by atoms with Crippen molar-refractivity contribution in [3.8, 4) is 0 Å². The lowest BCUT2D eigenvalue weighted by molar-refractivity contribution is 0.130. The van der Waals surface area contributed by atoms with Crippen LogP contribution in [-0.4, -0.2) is 36.6 Å². The number of hydrogen-bond acceptors (Lipinski definition) is 2.